The van der Waals surface area contributed by atoms with Crippen LogP contribution in [0.25, 0.3) is 0 Å². The largest absolute Gasteiger partial charge is 0.478 e. The predicted octanol–water partition coefficient (Wildman–Crippen LogP) is 0.694. The minimum atomic E-state index is -1.21. The minimum absolute atomic E-state index is 0.150. The Balaban J connectivity index is 3.00. The summed E-state index contributed by atoms with van der Waals surface area (Å²) >= 11 is 0. The number of nitrogens with two attached hydrogens (primary N) is 1. The van der Waals surface area contributed by atoms with Crippen LogP contribution in [0.3, 0.4) is 0 Å². The average Bonchev–Trinajstić information content (AvgIpc) is 2.27. The van der Waals surface area contributed by atoms with Gasteiger partial charge in [-0.1, -0.05) is 0 Å². The lowest BCUT2D eigenvalue weighted by Crippen LogP contribution is -2.34. The summed E-state index contributed by atoms with van der Waals surface area (Å²) in [6, 6.07) is 3.99. The van der Waals surface area contributed by atoms with Gasteiger partial charge in [-0.25, -0.2) is 4.79 Å². The van der Waals surface area contributed by atoms with Crippen molar-refractivity contribution in [3.8, 4) is 5.75 Å². The van der Waals surface area contributed by atoms with Crippen LogP contribution in [-0.4, -0.2) is 28.6 Å². The molecule has 0 heterocycles. The van der Waals surface area contributed by atoms with Gasteiger partial charge in [0.15, 0.2) is 0 Å². The van der Waals surface area contributed by atoms with Crippen molar-refractivity contribution in [1.82, 2.24) is 0 Å². The molecule has 0 spiro atoms. The van der Waals surface area contributed by atoms with Gasteiger partial charge in [-0.15, -0.1) is 0 Å². The normalized spacial score (nSPS) is 11.9. The van der Waals surface area contributed by atoms with Crippen LogP contribution in [0.5, 0.6) is 5.75 Å². The molecule has 92 valence electrons. The first-order chi connectivity index (χ1) is 7.95. The lowest BCUT2D eigenvalue weighted by molar-refractivity contribution is -0.385. The molecule has 0 aliphatic heterocycles. The minimum Gasteiger partial charge on any atom is -0.478 e. The van der Waals surface area contributed by atoms with Crippen molar-refractivity contribution in [1.29, 1.82) is 0 Å². The van der Waals surface area contributed by atoms with Crippen molar-refractivity contribution in [3.63, 3.8) is 0 Å². The number of nitro groups is 1. The number of hydrogen-bond donors (Lipinski definition) is 2. The third kappa shape index (κ3) is 3.15. The predicted molar refractivity (Wildman–Crippen MR) is 58.9 cm³/mol. The topological polar surface area (TPSA) is 116 Å². The zero-order valence-electron chi connectivity index (χ0n) is 9.12. The Hall–Kier alpha value is -2.15. The molecule has 17 heavy (non-hydrogen) atoms. The van der Waals surface area contributed by atoms with Gasteiger partial charge in [0.05, 0.1) is 11.0 Å². The van der Waals surface area contributed by atoms with E-state index in [4.69, 9.17) is 15.6 Å². The van der Waals surface area contributed by atoms with Crippen molar-refractivity contribution in [3.05, 3.63) is 33.9 Å². The van der Waals surface area contributed by atoms with Crippen LogP contribution in [0.2, 0.25) is 0 Å². The molecular formula is C10H12N2O5. The number of benzene rings is 1. The number of aryl methyl sites for hydroxylation is 1. The maximum Gasteiger partial charge on any atom is 0.346 e. The molecule has 0 aromatic heterocycles. The van der Waals surface area contributed by atoms with Crippen LogP contribution in [-0.2, 0) is 4.79 Å². The van der Waals surface area contributed by atoms with Gasteiger partial charge in [0.1, 0.15) is 5.75 Å². The van der Waals surface area contributed by atoms with Crippen molar-refractivity contribution < 1.29 is 19.6 Å². The summed E-state index contributed by atoms with van der Waals surface area (Å²) in [6.07, 6.45) is -1.21. The monoisotopic (exact) mass is 240 g/mol. The van der Waals surface area contributed by atoms with E-state index in [0.717, 1.165) is 0 Å². The van der Waals surface area contributed by atoms with E-state index in [1.54, 1.807) is 6.92 Å². The Morgan fingerprint density at radius 2 is 2.29 bits per heavy atom. The van der Waals surface area contributed by atoms with Crippen LogP contribution in [0.4, 0.5) is 5.69 Å². The zero-order chi connectivity index (χ0) is 13.0. The number of rotatable bonds is 5. The highest BCUT2D eigenvalue weighted by Gasteiger charge is 2.19. The van der Waals surface area contributed by atoms with E-state index in [9.17, 15) is 14.9 Å². The molecule has 7 nitrogen and oxygen atoms in total. The number of carboxylic acids is 1. The molecule has 0 aliphatic carbocycles. The number of hydrogen-bond acceptors (Lipinski definition) is 5. The molecule has 0 bridgehead atoms. The lowest BCUT2D eigenvalue weighted by Gasteiger charge is -2.14. The molecule has 0 saturated carbocycles. The van der Waals surface area contributed by atoms with Crippen LogP contribution < -0.4 is 10.5 Å². The lowest BCUT2D eigenvalue weighted by atomic mass is 10.2. The third-order valence-corrected chi connectivity index (χ3v) is 2.14. The molecule has 1 unspecified atom stereocenters. The van der Waals surface area contributed by atoms with E-state index < -0.39 is 17.0 Å². The summed E-state index contributed by atoms with van der Waals surface area (Å²) in [5, 5.41) is 19.3. The maximum atomic E-state index is 10.7. The van der Waals surface area contributed by atoms with Gasteiger partial charge in [0, 0.05) is 12.6 Å². The Morgan fingerprint density at radius 1 is 1.65 bits per heavy atom. The first-order valence-corrected chi connectivity index (χ1v) is 4.80. The number of ether oxygens (including phenoxy) is 1. The second-order valence-corrected chi connectivity index (χ2v) is 3.39. The fraction of sp³-hybridized carbons (Fsp3) is 0.300. The van der Waals surface area contributed by atoms with Crippen LogP contribution in [0, 0.1) is 17.0 Å². The van der Waals surface area contributed by atoms with Crippen LogP contribution >= 0.6 is 0 Å². The number of carboxylic acid groups (broad SMARTS) is 1. The average molecular weight is 240 g/mol. The SMILES string of the molecule is Cc1ccc([N+](=O)[O-])cc1OC(CN)C(=O)O. The summed E-state index contributed by atoms with van der Waals surface area (Å²) in [5.74, 6) is -1.06. The number of nitro benzene ring substituents is 1. The second-order valence-electron chi connectivity index (χ2n) is 3.39. The van der Waals surface area contributed by atoms with Crippen molar-refractivity contribution in [2.45, 2.75) is 13.0 Å². The van der Waals surface area contributed by atoms with E-state index in [1.165, 1.54) is 18.2 Å². The smallest absolute Gasteiger partial charge is 0.346 e. The van der Waals surface area contributed by atoms with Gasteiger partial charge >= 0.3 is 5.97 Å². The molecule has 1 rings (SSSR count). The molecule has 0 aliphatic rings. The van der Waals surface area contributed by atoms with Gasteiger partial charge in [-0.05, 0) is 18.6 Å². The van der Waals surface area contributed by atoms with Gasteiger partial charge in [0.25, 0.3) is 5.69 Å². The van der Waals surface area contributed by atoms with Gasteiger partial charge < -0.3 is 15.6 Å². The highest BCUT2D eigenvalue weighted by atomic mass is 16.6. The highest BCUT2D eigenvalue weighted by molar-refractivity contribution is 5.73. The molecule has 0 amide bonds. The molecule has 1 atom stereocenters. The molecular weight excluding hydrogens is 228 g/mol. The third-order valence-electron chi connectivity index (χ3n) is 2.14. The van der Waals surface area contributed by atoms with Gasteiger partial charge in [0.2, 0.25) is 6.10 Å². The van der Waals surface area contributed by atoms with Gasteiger partial charge in [-0.3, -0.25) is 10.1 Å². The Kier molecular flexibility index (Phi) is 4.00. The fourth-order valence-electron chi connectivity index (χ4n) is 1.18. The van der Waals surface area contributed by atoms with E-state index in [1.807, 2.05) is 0 Å². The van der Waals surface area contributed by atoms with Gasteiger partial charge in [-0.2, -0.15) is 0 Å². The van der Waals surface area contributed by atoms with E-state index in [-0.39, 0.29) is 18.0 Å². The molecule has 1 aromatic rings. The number of nitrogens with zero attached hydrogens (tertiary/aromatic N) is 1. The van der Waals surface area contributed by atoms with E-state index in [0.29, 0.717) is 5.56 Å². The Labute approximate surface area is 97.0 Å². The van der Waals surface area contributed by atoms with Crippen molar-refractivity contribution >= 4 is 11.7 Å². The molecule has 0 fully saturated rings. The summed E-state index contributed by atoms with van der Waals surface area (Å²) in [4.78, 5) is 20.7. The molecule has 0 saturated heterocycles. The standard InChI is InChI=1S/C10H12N2O5/c1-6-2-3-7(12(15)16)4-8(6)17-9(5-11)10(13)14/h2-4,9H,5,11H2,1H3,(H,13,14). The Bertz CT molecular complexity index is 446. The van der Waals surface area contributed by atoms with Crippen LogP contribution in [0.15, 0.2) is 18.2 Å². The quantitative estimate of drug-likeness (QED) is 0.578. The van der Waals surface area contributed by atoms with E-state index in [2.05, 4.69) is 0 Å². The van der Waals surface area contributed by atoms with E-state index >= 15 is 0 Å². The maximum absolute atomic E-state index is 10.7. The molecule has 0 radical (unpaired) electrons. The summed E-state index contributed by atoms with van der Waals surface area (Å²) < 4.78 is 5.12. The number of carbonyl (C=O) groups is 1. The summed E-state index contributed by atoms with van der Waals surface area (Å²) in [6.45, 7) is 1.45. The first-order valence-electron chi connectivity index (χ1n) is 4.80. The highest BCUT2D eigenvalue weighted by Crippen LogP contribution is 2.24. The number of non-ortho nitro benzene ring substituents is 1. The molecule has 3 N–H and O–H groups in total. The first kappa shape index (κ1) is 12.9. The second kappa shape index (κ2) is 5.26. The summed E-state index contributed by atoms with van der Waals surface area (Å²) in [7, 11) is 0. The van der Waals surface area contributed by atoms with Crippen LogP contribution in [0.1, 0.15) is 5.56 Å². The molecule has 7 heteroatoms. The zero-order valence-corrected chi connectivity index (χ0v) is 9.12. The Morgan fingerprint density at radius 3 is 2.76 bits per heavy atom. The number of aliphatic carboxylic acids is 1. The van der Waals surface area contributed by atoms with Crippen molar-refractivity contribution in [2.75, 3.05) is 6.54 Å². The molecule has 1 aromatic carbocycles. The fourth-order valence-corrected chi connectivity index (χ4v) is 1.18. The van der Waals surface area contributed by atoms with Crippen molar-refractivity contribution in [2.24, 2.45) is 5.73 Å². The summed E-state index contributed by atoms with van der Waals surface area (Å²) in [5.41, 5.74) is 5.68.